The third kappa shape index (κ3) is 4.81. The lowest BCUT2D eigenvalue weighted by Gasteiger charge is -2.15. The van der Waals surface area contributed by atoms with Crippen LogP contribution in [0.15, 0.2) is 12.4 Å². The second-order valence-corrected chi connectivity index (χ2v) is 8.22. The van der Waals surface area contributed by atoms with Crippen molar-refractivity contribution in [3.05, 3.63) is 35.2 Å². The number of anilines is 2. The van der Waals surface area contributed by atoms with Gasteiger partial charge in [-0.3, -0.25) is 9.97 Å². The van der Waals surface area contributed by atoms with E-state index in [0.717, 1.165) is 47.5 Å². The molecule has 2 N–H and O–H groups in total. The molecule has 2 aromatic heterocycles. The van der Waals surface area contributed by atoms with Crippen molar-refractivity contribution in [1.29, 1.82) is 0 Å². The van der Waals surface area contributed by atoms with E-state index in [-0.39, 0.29) is 0 Å². The fourth-order valence-electron chi connectivity index (χ4n) is 2.91. The van der Waals surface area contributed by atoms with Crippen LogP contribution in [-0.4, -0.2) is 43.5 Å². The van der Waals surface area contributed by atoms with E-state index in [9.17, 15) is 0 Å². The molecule has 2 atom stereocenters. The number of hydrogen-bond acceptors (Lipinski definition) is 7. The molecule has 25 heavy (non-hydrogen) atoms. The number of rotatable bonds is 6. The molecule has 0 aromatic carbocycles. The molecule has 7 heteroatoms. The maximum absolute atomic E-state index is 4.54. The molecule has 0 radical (unpaired) electrons. The van der Waals surface area contributed by atoms with Crippen LogP contribution in [0.1, 0.15) is 35.6 Å². The maximum atomic E-state index is 4.54. The van der Waals surface area contributed by atoms with Gasteiger partial charge >= 0.3 is 0 Å². The molecule has 0 saturated carbocycles. The third-order valence-corrected chi connectivity index (χ3v) is 5.92. The van der Waals surface area contributed by atoms with Crippen LogP contribution >= 0.6 is 11.8 Å². The first-order valence-corrected chi connectivity index (χ1v) is 9.69. The Labute approximate surface area is 153 Å². The van der Waals surface area contributed by atoms with Crippen molar-refractivity contribution >= 4 is 23.4 Å². The molecule has 0 spiro atoms. The minimum atomic E-state index is 0.609. The van der Waals surface area contributed by atoms with Gasteiger partial charge in [0.2, 0.25) is 0 Å². The number of hydrogen-bond donors (Lipinski definition) is 2. The second kappa shape index (κ2) is 7.99. The van der Waals surface area contributed by atoms with E-state index in [1.165, 1.54) is 12.8 Å². The van der Waals surface area contributed by atoms with Gasteiger partial charge in [-0.25, -0.2) is 9.97 Å². The summed E-state index contributed by atoms with van der Waals surface area (Å²) in [5, 5.41) is 8.16. The molecule has 2 unspecified atom stereocenters. The van der Waals surface area contributed by atoms with Gasteiger partial charge in [-0.2, -0.15) is 11.8 Å². The average molecular weight is 359 g/mol. The summed E-state index contributed by atoms with van der Waals surface area (Å²) in [6, 6.07) is 0. The fraction of sp³-hybridized carbons (Fsp3) is 0.556. The first kappa shape index (κ1) is 17.9. The van der Waals surface area contributed by atoms with Crippen molar-refractivity contribution in [2.75, 3.05) is 23.7 Å². The summed E-state index contributed by atoms with van der Waals surface area (Å²) in [5.74, 6) is 1.82. The molecule has 1 fully saturated rings. The summed E-state index contributed by atoms with van der Waals surface area (Å²) in [6.07, 6.45) is 6.06. The van der Waals surface area contributed by atoms with Gasteiger partial charge in [0.1, 0.15) is 11.6 Å². The molecule has 0 bridgehead atoms. The highest BCUT2D eigenvalue weighted by Gasteiger charge is 2.25. The Balaban J connectivity index is 1.47. The molecule has 134 valence electrons. The molecule has 1 aliphatic rings. The minimum Gasteiger partial charge on any atom is -0.367 e. The highest BCUT2D eigenvalue weighted by Crippen LogP contribution is 2.34. The zero-order valence-electron chi connectivity index (χ0n) is 15.3. The van der Waals surface area contributed by atoms with E-state index in [1.807, 2.05) is 51.9 Å². The highest BCUT2D eigenvalue weighted by atomic mass is 32.2. The normalized spacial score (nSPS) is 19.8. The van der Waals surface area contributed by atoms with Gasteiger partial charge in [-0.15, -0.1) is 0 Å². The van der Waals surface area contributed by atoms with E-state index in [4.69, 9.17) is 0 Å². The number of nitrogens with zero attached hydrogens (tertiary/aromatic N) is 4. The largest absolute Gasteiger partial charge is 0.367 e. The van der Waals surface area contributed by atoms with Crippen LogP contribution in [0, 0.1) is 27.7 Å². The monoisotopic (exact) mass is 358 g/mol. The number of nitrogens with one attached hydrogen (secondary N) is 2. The number of thioether (sulfide) groups is 1. The van der Waals surface area contributed by atoms with Crippen LogP contribution in [0.5, 0.6) is 0 Å². The van der Waals surface area contributed by atoms with Crippen LogP contribution < -0.4 is 10.6 Å². The average Bonchev–Trinajstić information content (AvgIpc) is 3.04. The van der Waals surface area contributed by atoms with E-state index in [2.05, 4.69) is 30.6 Å². The fourth-order valence-corrected chi connectivity index (χ4v) is 4.36. The zero-order chi connectivity index (χ0) is 17.8. The van der Waals surface area contributed by atoms with Gasteiger partial charge in [0.25, 0.3) is 0 Å². The SMILES string of the molecule is Cc1cnc(C)c(NCC2CCC(CNc3nc(C)cnc3C)S2)n1. The molecular weight excluding hydrogens is 332 g/mol. The topological polar surface area (TPSA) is 75.6 Å². The molecular formula is C18H26N6S. The van der Waals surface area contributed by atoms with Gasteiger partial charge < -0.3 is 10.6 Å². The van der Waals surface area contributed by atoms with Crippen LogP contribution in [0.25, 0.3) is 0 Å². The predicted octanol–water partition coefficient (Wildman–Crippen LogP) is 3.29. The molecule has 2 aromatic rings. The zero-order valence-corrected chi connectivity index (χ0v) is 16.2. The summed E-state index contributed by atoms with van der Waals surface area (Å²) in [6.45, 7) is 9.80. The summed E-state index contributed by atoms with van der Waals surface area (Å²) >= 11 is 2.05. The van der Waals surface area contributed by atoms with Gasteiger partial charge in [0.05, 0.1) is 22.8 Å². The lowest BCUT2D eigenvalue weighted by molar-refractivity contribution is 0.740. The van der Waals surface area contributed by atoms with Crippen LogP contribution in [0.2, 0.25) is 0 Å². The molecule has 3 rings (SSSR count). The van der Waals surface area contributed by atoms with Crippen molar-refractivity contribution < 1.29 is 0 Å². The third-order valence-electron chi connectivity index (χ3n) is 4.34. The standard InChI is InChI=1S/C18H26N6S/c1-11-7-19-13(3)17(23-11)21-9-15-5-6-16(25-15)10-22-18-14(4)20-8-12(2)24-18/h7-8,15-16H,5-6,9-10H2,1-4H3,(H,21,23)(H,22,24). The van der Waals surface area contributed by atoms with Gasteiger partial charge in [0.15, 0.2) is 0 Å². The Morgan fingerprint density at radius 2 is 1.28 bits per heavy atom. The van der Waals surface area contributed by atoms with E-state index in [0.29, 0.717) is 10.5 Å². The van der Waals surface area contributed by atoms with Gasteiger partial charge in [-0.05, 0) is 40.5 Å². The second-order valence-electron chi connectivity index (χ2n) is 6.61. The summed E-state index contributed by atoms with van der Waals surface area (Å²) in [5.41, 5.74) is 3.81. The lowest BCUT2D eigenvalue weighted by Crippen LogP contribution is -2.18. The van der Waals surface area contributed by atoms with Crippen LogP contribution in [-0.2, 0) is 0 Å². The molecule has 0 aliphatic carbocycles. The van der Waals surface area contributed by atoms with Gasteiger partial charge in [-0.1, -0.05) is 0 Å². The first-order valence-electron chi connectivity index (χ1n) is 8.75. The highest BCUT2D eigenvalue weighted by molar-refractivity contribution is 8.00. The number of aryl methyl sites for hydroxylation is 4. The summed E-state index contributed by atoms with van der Waals surface area (Å²) in [7, 11) is 0. The molecule has 1 aliphatic heterocycles. The lowest BCUT2D eigenvalue weighted by atomic mass is 10.2. The summed E-state index contributed by atoms with van der Waals surface area (Å²) in [4.78, 5) is 17.8. The number of aromatic nitrogens is 4. The Morgan fingerprint density at radius 3 is 1.72 bits per heavy atom. The van der Waals surface area contributed by atoms with Crippen molar-refractivity contribution in [3.63, 3.8) is 0 Å². The molecule has 6 nitrogen and oxygen atoms in total. The van der Waals surface area contributed by atoms with Crippen molar-refractivity contribution in [2.24, 2.45) is 0 Å². The predicted molar refractivity (Wildman–Crippen MR) is 104 cm³/mol. The molecule has 3 heterocycles. The molecule has 1 saturated heterocycles. The van der Waals surface area contributed by atoms with Crippen LogP contribution in [0.4, 0.5) is 11.6 Å². The Bertz CT molecular complexity index is 674. The minimum absolute atomic E-state index is 0.609. The Hall–Kier alpha value is -1.89. The van der Waals surface area contributed by atoms with E-state index < -0.39 is 0 Å². The van der Waals surface area contributed by atoms with Crippen molar-refractivity contribution in [2.45, 2.75) is 51.0 Å². The Kier molecular flexibility index (Phi) is 5.73. The quantitative estimate of drug-likeness (QED) is 0.820. The smallest absolute Gasteiger partial charge is 0.147 e. The Morgan fingerprint density at radius 1 is 0.840 bits per heavy atom. The first-order chi connectivity index (χ1) is 12.0. The van der Waals surface area contributed by atoms with Gasteiger partial charge in [0, 0.05) is 36.0 Å². The maximum Gasteiger partial charge on any atom is 0.147 e. The molecule has 0 amide bonds. The van der Waals surface area contributed by atoms with Crippen molar-refractivity contribution in [1.82, 2.24) is 19.9 Å². The van der Waals surface area contributed by atoms with Crippen LogP contribution in [0.3, 0.4) is 0 Å². The summed E-state index contributed by atoms with van der Waals surface area (Å²) < 4.78 is 0. The van der Waals surface area contributed by atoms with E-state index in [1.54, 1.807) is 0 Å². The van der Waals surface area contributed by atoms with Crippen molar-refractivity contribution in [3.8, 4) is 0 Å². The van der Waals surface area contributed by atoms with E-state index >= 15 is 0 Å².